The Hall–Kier alpha value is -2.44. The molecule has 1 aromatic carbocycles. The van der Waals surface area contributed by atoms with E-state index in [1.54, 1.807) is 16.8 Å². The third-order valence-corrected chi connectivity index (χ3v) is 2.80. The number of anilines is 1. The van der Waals surface area contributed by atoms with Gasteiger partial charge in [-0.15, -0.1) is 0 Å². The molecule has 2 N–H and O–H groups in total. The smallest absolute Gasteiger partial charge is 0.292 e. The van der Waals surface area contributed by atoms with Gasteiger partial charge in [-0.2, -0.15) is 5.10 Å². The number of benzene rings is 1. The first kappa shape index (κ1) is 13.0. The van der Waals surface area contributed by atoms with E-state index in [0.717, 1.165) is 24.5 Å². The first-order chi connectivity index (χ1) is 9.06. The Labute approximate surface area is 110 Å². The van der Waals surface area contributed by atoms with Crippen molar-refractivity contribution in [3.05, 3.63) is 40.0 Å². The Kier molecular flexibility index (Phi) is 3.46. The molecule has 0 saturated carbocycles. The van der Waals surface area contributed by atoms with Crippen LogP contribution in [-0.4, -0.2) is 19.7 Å². The molecule has 0 fully saturated rings. The van der Waals surface area contributed by atoms with E-state index in [9.17, 15) is 10.1 Å². The van der Waals surface area contributed by atoms with Gasteiger partial charge in [0.05, 0.1) is 10.6 Å². The molecular formula is C12H15N5O2. The molecular weight excluding hydrogens is 246 g/mol. The molecule has 2 aromatic rings. The third-order valence-electron chi connectivity index (χ3n) is 2.80. The first-order valence-electron chi connectivity index (χ1n) is 6.05. The number of nitrogens with zero attached hydrogens (tertiary/aromatic N) is 4. The minimum absolute atomic E-state index is 0.0994. The van der Waals surface area contributed by atoms with Gasteiger partial charge in [-0.05, 0) is 12.1 Å². The fraction of sp³-hybridized carbons (Fsp3) is 0.333. The SMILES string of the molecule is CCc1nc(CC)n(-c2ccc([N+](=O)[O-])c(N)c2)n1. The first-order valence-corrected chi connectivity index (χ1v) is 6.05. The zero-order valence-electron chi connectivity index (χ0n) is 10.8. The molecule has 100 valence electrons. The van der Waals surface area contributed by atoms with Crippen LogP contribution in [0.25, 0.3) is 5.69 Å². The number of nitrogens with two attached hydrogens (primary N) is 1. The highest BCUT2D eigenvalue weighted by Crippen LogP contribution is 2.24. The van der Waals surface area contributed by atoms with Crippen LogP contribution in [0.5, 0.6) is 0 Å². The number of aryl methyl sites for hydroxylation is 2. The van der Waals surface area contributed by atoms with E-state index in [1.807, 2.05) is 13.8 Å². The zero-order valence-corrected chi connectivity index (χ0v) is 10.8. The second kappa shape index (κ2) is 5.05. The summed E-state index contributed by atoms with van der Waals surface area (Å²) in [6.45, 7) is 3.96. The van der Waals surface area contributed by atoms with E-state index >= 15 is 0 Å². The van der Waals surface area contributed by atoms with Crippen LogP contribution < -0.4 is 5.73 Å². The molecule has 0 saturated heterocycles. The van der Waals surface area contributed by atoms with Gasteiger partial charge in [0.2, 0.25) is 0 Å². The van der Waals surface area contributed by atoms with Gasteiger partial charge in [0.15, 0.2) is 5.82 Å². The Bertz CT molecular complexity index is 621. The molecule has 0 amide bonds. The van der Waals surface area contributed by atoms with Crippen molar-refractivity contribution < 1.29 is 4.92 Å². The fourth-order valence-electron chi connectivity index (χ4n) is 1.82. The standard InChI is InChI=1S/C12H15N5O2/c1-3-11-14-12(4-2)16(15-11)8-5-6-10(17(18)19)9(13)7-8/h5-7H,3-4,13H2,1-2H3. The van der Waals surface area contributed by atoms with Gasteiger partial charge in [-0.3, -0.25) is 10.1 Å². The topological polar surface area (TPSA) is 99.9 Å². The normalized spacial score (nSPS) is 10.6. The summed E-state index contributed by atoms with van der Waals surface area (Å²) in [4.78, 5) is 14.6. The molecule has 0 aliphatic heterocycles. The Morgan fingerprint density at radius 2 is 2.11 bits per heavy atom. The minimum Gasteiger partial charge on any atom is -0.393 e. The lowest BCUT2D eigenvalue weighted by Gasteiger charge is -2.05. The predicted octanol–water partition coefficient (Wildman–Crippen LogP) is 1.88. The van der Waals surface area contributed by atoms with Crippen LogP contribution in [0.1, 0.15) is 25.5 Å². The third kappa shape index (κ3) is 2.40. The van der Waals surface area contributed by atoms with Crippen LogP contribution in [0.2, 0.25) is 0 Å². The molecule has 0 aliphatic carbocycles. The van der Waals surface area contributed by atoms with Crippen molar-refractivity contribution in [2.24, 2.45) is 0 Å². The van der Waals surface area contributed by atoms with Crippen molar-refractivity contribution in [1.82, 2.24) is 14.8 Å². The second-order valence-corrected chi connectivity index (χ2v) is 4.06. The average molecular weight is 261 g/mol. The maximum absolute atomic E-state index is 10.7. The summed E-state index contributed by atoms with van der Waals surface area (Å²) in [5, 5.41) is 15.1. The van der Waals surface area contributed by atoms with Crippen molar-refractivity contribution in [2.45, 2.75) is 26.7 Å². The lowest BCUT2D eigenvalue weighted by Crippen LogP contribution is -2.04. The number of hydrogen-bond donors (Lipinski definition) is 1. The maximum Gasteiger partial charge on any atom is 0.292 e. The molecule has 2 rings (SSSR count). The quantitative estimate of drug-likeness (QED) is 0.514. The Balaban J connectivity index is 2.50. The van der Waals surface area contributed by atoms with Gasteiger partial charge >= 0.3 is 0 Å². The lowest BCUT2D eigenvalue weighted by molar-refractivity contribution is -0.383. The minimum atomic E-state index is -0.501. The van der Waals surface area contributed by atoms with Crippen LogP contribution >= 0.6 is 0 Å². The predicted molar refractivity (Wildman–Crippen MR) is 71.2 cm³/mol. The van der Waals surface area contributed by atoms with Gasteiger partial charge in [0.25, 0.3) is 5.69 Å². The molecule has 7 nitrogen and oxygen atoms in total. The van der Waals surface area contributed by atoms with Gasteiger partial charge in [0.1, 0.15) is 11.5 Å². The van der Waals surface area contributed by atoms with E-state index in [0.29, 0.717) is 5.69 Å². The number of nitro benzene ring substituents is 1. The van der Waals surface area contributed by atoms with E-state index in [1.165, 1.54) is 6.07 Å². The van der Waals surface area contributed by atoms with Crippen molar-refractivity contribution in [3.63, 3.8) is 0 Å². The van der Waals surface area contributed by atoms with E-state index < -0.39 is 4.92 Å². The van der Waals surface area contributed by atoms with Gasteiger partial charge < -0.3 is 5.73 Å². The summed E-state index contributed by atoms with van der Waals surface area (Å²) in [7, 11) is 0. The number of aromatic nitrogens is 3. The highest BCUT2D eigenvalue weighted by atomic mass is 16.6. The van der Waals surface area contributed by atoms with Crippen molar-refractivity contribution in [2.75, 3.05) is 5.73 Å². The number of nitrogen functional groups attached to an aromatic ring is 1. The number of rotatable bonds is 4. The van der Waals surface area contributed by atoms with Crippen molar-refractivity contribution >= 4 is 11.4 Å². The summed E-state index contributed by atoms with van der Waals surface area (Å²) >= 11 is 0. The number of nitro groups is 1. The molecule has 1 heterocycles. The van der Waals surface area contributed by atoms with E-state index in [4.69, 9.17) is 5.73 Å². The Morgan fingerprint density at radius 1 is 1.37 bits per heavy atom. The summed E-state index contributed by atoms with van der Waals surface area (Å²) in [6.07, 6.45) is 1.46. The van der Waals surface area contributed by atoms with Crippen LogP contribution in [-0.2, 0) is 12.8 Å². The summed E-state index contributed by atoms with van der Waals surface area (Å²) in [6, 6.07) is 4.56. The summed E-state index contributed by atoms with van der Waals surface area (Å²) < 4.78 is 1.68. The van der Waals surface area contributed by atoms with Gasteiger partial charge in [-0.25, -0.2) is 9.67 Å². The highest BCUT2D eigenvalue weighted by Gasteiger charge is 2.14. The van der Waals surface area contributed by atoms with Crippen LogP contribution in [0.4, 0.5) is 11.4 Å². The molecule has 0 atom stereocenters. The fourth-order valence-corrected chi connectivity index (χ4v) is 1.82. The van der Waals surface area contributed by atoms with Crippen molar-refractivity contribution in [1.29, 1.82) is 0 Å². The van der Waals surface area contributed by atoms with Crippen LogP contribution in [0.15, 0.2) is 18.2 Å². The average Bonchev–Trinajstić information content (AvgIpc) is 2.81. The molecule has 7 heteroatoms. The monoisotopic (exact) mass is 261 g/mol. The van der Waals surface area contributed by atoms with E-state index in [-0.39, 0.29) is 11.4 Å². The summed E-state index contributed by atoms with van der Waals surface area (Å²) in [5.41, 5.74) is 6.40. The van der Waals surface area contributed by atoms with E-state index in [2.05, 4.69) is 10.1 Å². The molecule has 19 heavy (non-hydrogen) atoms. The summed E-state index contributed by atoms with van der Waals surface area (Å²) in [5.74, 6) is 1.55. The molecule has 0 radical (unpaired) electrons. The van der Waals surface area contributed by atoms with Crippen molar-refractivity contribution in [3.8, 4) is 5.69 Å². The molecule has 0 unspecified atom stereocenters. The zero-order chi connectivity index (χ0) is 14.0. The highest BCUT2D eigenvalue weighted by molar-refractivity contribution is 5.62. The number of hydrogen-bond acceptors (Lipinski definition) is 5. The molecule has 1 aromatic heterocycles. The molecule has 0 bridgehead atoms. The molecule has 0 aliphatic rings. The largest absolute Gasteiger partial charge is 0.393 e. The van der Waals surface area contributed by atoms with Crippen LogP contribution in [0, 0.1) is 10.1 Å². The second-order valence-electron chi connectivity index (χ2n) is 4.06. The maximum atomic E-state index is 10.7. The Morgan fingerprint density at radius 3 is 2.63 bits per heavy atom. The lowest BCUT2D eigenvalue weighted by atomic mass is 10.2. The van der Waals surface area contributed by atoms with Crippen LogP contribution in [0.3, 0.4) is 0 Å². The molecule has 0 spiro atoms. The van der Waals surface area contributed by atoms with Gasteiger partial charge in [0, 0.05) is 18.9 Å². The van der Waals surface area contributed by atoms with Gasteiger partial charge in [-0.1, -0.05) is 13.8 Å².